The first-order valence-corrected chi connectivity index (χ1v) is 15.8. The monoisotopic (exact) mass is 641 g/mol. The molecule has 1 amide bonds. The lowest BCUT2D eigenvalue weighted by molar-refractivity contribution is 0.102. The quantitative estimate of drug-likeness (QED) is 0.255. The van der Waals surface area contributed by atoms with Crippen LogP contribution in [0.2, 0.25) is 0 Å². The van der Waals surface area contributed by atoms with Crippen LogP contribution in [-0.2, 0) is 12.0 Å². The maximum absolute atomic E-state index is 13.9. The first-order valence-electron chi connectivity index (χ1n) is 14.9. The van der Waals surface area contributed by atoms with Crippen molar-refractivity contribution >= 4 is 46.0 Å². The minimum absolute atomic E-state index is 0.134. The van der Waals surface area contributed by atoms with Gasteiger partial charge in [0.1, 0.15) is 17.2 Å². The predicted molar refractivity (Wildman–Crippen MR) is 177 cm³/mol. The highest BCUT2D eigenvalue weighted by Crippen LogP contribution is 2.27. The summed E-state index contributed by atoms with van der Waals surface area (Å²) in [7, 11) is 1.62. The van der Waals surface area contributed by atoms with Gasteiger partial charge in [0, 0.05) is 35.6 Å². The number of ether oxygens (including phenoxy) is 1. The second-order valence-corrected chi connectivity index (χ2v) is 13.0. The van der Waals surface area contributed by atoms with E-state index in [2.05, 4.69) is 46.5 Å². The van der Waals surface area contributed by atoms with E-state index in [1.165, 1.54) is 20.5 Å². The number of nitrogens with zero attached hydrogens (tertiary/aromatic N) is 8. The zero-order valence-corrected chi connectivity index (χ0v) is 26.9. The molecule has 4 aromatic heterocycles. The van der Waals surface area contributed by atoms with Crippen molar-refractivity contribution in [2.75, 3.05) is 30.4 Å². The van der Waals surface area contributed by atoms with Gasteiger partial charge < -0.3 is 14.7 Å². The van der Waals surface area contributed by atoms with Crippen molar-refractivity contribution in [1.29, 1.82) is 0 Å². The Hall–Kier alpha value is -4.95. The van der Waals surface area contributed by atoms with E-state index in [9.17, 15) is 14.7 Å². The zero-order valence-electron chi connectivity index (χ0n) is 26.0. The molecular weight excluding hydrogens is 606 g/mol. The summed E-state index contributed by atoms with van der Waals surface area (Å²) >= 11 is 1.37. The van der Waals surface area contributed by atoms with Crippen molar-refractivity contribution in [2.24, 2.45) is 0 Å². The van der Waals surface area contributed by atoms with Crippen LogP contribution in [-0.4, -0.2) is 71.9 Å². The van der Waals surface area contributed by atoms with Crippen LogP contribution >= 0.6 is 11.3 Å². The molecule has 0 aliphatic carbocycles. The van der Waals surface area contributed by atoms with Gasteiger partial charge in [-0.3, -0.25) is 19.3 Å². The highest BCUT2D eigenvalue weighted by atomic mass is 32.1. The van der Waals surface area contributed by atoms with E-state index in [0.29, 0.717) is 66.0 Å². The number of hydrogen-bond acceptors (Lipinski definition) is 11. The van der Waals surface area contributed by atoms with E-state index in [1.807, 2.05) is 34.5 Å². The van der Waals surface area contributed by atoms with Gasteiger partial charge in [0.2, 0.25) is 0 Å². The molecule has 1 aliphatic heterocycles. The number of aliphatic hydroxyl groups excluding tert-OH is 1. The Bertz CT molecular complexity index is 1950. The van der Waals surface area contributed by atoms with Gasteiger partial charge in [-0.2, -0.15) is 4.80 Å². The van der Waals surface area contributed by atoms with Crippen molar-refractivity contribution in [3.63, 3.8) is 0 Å². The third kappa shape index (κ3) is 6.82. The van der Waals surface area contributed by atoms with E-state index in [1.54, 1.807) is 37.6 Å². The smallest absolute Gasteiger partial charge is 0.267 e. The lowest BCUT2D eigenvalue weighted by Crippen LogP contribution is -2.38. The second-order valence-electron chi connectivity index (χ2n) is 12.1. The number of nitrogens with one attached hydrogen (secondary N) is 1. The summed E-state index contributed by atoms with van der Waals surface area (Å²) < 4.78 is 6.62. The van der Waals surface area contributed by atoms with Crippen LogP contribution in [0.25, 0.3) is 17.8 Å². The molecule has 0 radical (unpaired) electrons. The zero-order chi connectivity index (χ0) is 32.4. The number of aromatic nitrogens is 7. The number of benzene rings is 1. The molecule has 6 rings (SSSR count). The fraction of sp³-hybridized carbons (Fsp3) is 0.344. The molecule has 46 heavy (non-hydrogen) atoms. The Morgan fingerprint density at radius 2 is 1.89 bits per heavy atom. The molecule has 0 atom stereocenters. The van der Waals surface area contributed by atoms with Crippen LogP contribution in [0.1, 0.15) is 66.6 Å². The van der Waals surface area contributed by atoms with Crippen molar-refractivity contribution in [2.45, 2.75) is 51.7 Å². The number of tetrazole rings is 1. The minimum Gasteiger partial charge on any atom is -0.497 e. The van der Waals surface area contributed by atoms with Gasteiger partial charge in [0.15, 0.2) is 11.0 Å². The molecule has 2 N–H and O–H groups in total. The van der Waals surface area contributed by atoms with Crippen molar-refractivity contribution in [1.82, 2.24) is 34.6 Å². The van der Waals surface area contributed by atoms with Crippen molar-refractivity contribution in [3.05, 3.63) is 86.5 Å². The fourth-order valence-electron chi connectivity index (χ4n) is 5.03. The van der Waals surface area contributed by atoms with Crippen molar-refractivity contribution < 1.29 is 14.6 Å². The number of piperidine rings is 1. The van der Waals surface area contributed by atoms with Crippen LogP contribution in [0, 0.1) is 0 Å². The number of hydrogen-bond donors (Lipinski definition) is 2. The Labute approximate surface area is 269 Å². The summed E-state index contributed by atoms with van der Waals surface area (Å²) in [4.78, 5) is 39.9. The third-order valence-corrected chi connectivity index (χ3v) is 8.47. The number of methoxy groups -OCH3 is 1. The molecule has 0 unspecified atom stereocenters. The summed E-state index contributed by atoms with van der Waals surface area (Å²) in [5.74, 6) is 1.22. The van der Waals surface area contributed by atoms with Crippen LogP contribution < -0.4 is 20.5 Å². The maximum Gasteiger partial charge on any atom is 0.267 e. The molecule has 5 aromatic rings. The molecule has 0 bridgehead atoms. The van der Waals surface area contributed by atoms with Gasteiger partial charge in [-0.1, -0.05) is 32.9 Å². The molecule has 13 nitrogen and oxygen atoms in total. The van der Waals surface area contributed by atoms with Crippen LogP contribution in [0.15, 0.2) is 52.8 Å². The molecule has 14 heteroatoms. The average Bonchev–Trinajstić information content (AvgIpc) is 3.71. The molecule has 1 saturated heterocycles. The first-order chi connectivity index (χ1) is 22.1. The summed E-state index contributed by atoms with van der Waals surface area (Å²) in [6.45, 7) is 7.67. The molecule has 1 aliphatic rings. The van der Waals surface area contributed by atoms with Crippen LogP contribution in [0.5, 0.6) is 5.75 Å². The summed E-state index contributed by atoms with van der Waals surface area (Å²) in [5, 5.41) is 28.1. The Balaban J connectivity index is 1.29. The SMILES string of the molecule is COc1ccc(Cn2nnc(/C=C/c3c(N4CCC(O)CC4)nc4cc(C(=O)Nc5nc(C(C)(C)C)cs5)ccn4c3=O)n2)cc1. The first kappa shape index (κ1) is 31.0. The number of anilines is 2. The van der Waals surface area contributed by atoms with Gasteiger partial charge in [0.25, 0.3) is 11.5 Å². The molecule has 0 spiro atoms. The van der Waals surface area contributed by atoms with Crippen LogP contribution in [0.4, 0.5) is 10.9 Å². The molecule has 1 fully saturated rings. The predicted octanol–water partition coefficient (Wildman–Crippen LogP) is 3.88. The summed E-state index contributed by atoms with van der Waals surface area (Å²) in [5.41, 5.74) is 2.45. The van der Waals surface area contributed by atoms with E-state index in [4.69, 9.17) is 9.72 Å². The lowest BCUT2D eigenvalue weighted by Gasteiger charge is -2.31. The number of thiazole rings is 1. The van der Waals surface area contributed by atoms with Gasteiger partial charge in [-0.25, -0.2) is 9.97 Å². The van der Waals surface area contributed by atoms with E-state index < -0.39 is 6.10 Å². The molecular formula is C32H35N9O4S. The lowest BCUT2D eigenvalue weighted by atomic mass is 9.93. The largest absolute Gasteiger partial charge is 0.497 e. The average molecular weight is 642 g/mol. The summed E-state index contributed by atoms with van der Waals surface area (Å²) in [6.07, 6.45) is 5.53. The Morgan fingerprint density at radius 3 is 2.59 bits per heavy atom. The molecule has 1 aromatic carbocycles. The topological polar surface area (TPSA) is 153 Å². The standard InChI is InChI=1S/C32H35N9O4S/c1-32(2,3)25-19-46-31(33-25)35-29(43)21-11-16-40-27(17-21)34-28(39-14-12-22(42)13-15-39)24(30(40)44)9-10-26-36-38-41(37-26)18-20-5-7-23(45-4)8-6-20/h5-11,16-17,19,22,42H,12-15,18H2,1-4H3,(H,33,35,43)/b10-9+. The molecule has 0 saturated carbocycles. The van der Waals surface area contributed by atoms with E-state index in [-0.39, 0.29) is 16.9 Å². The van der Waals surface area contributed by atoms with Gasteiger partial charge >= 0.3 is 0 Å². The molecule has 238 valence electrons. The van der Waals surface area contributed by atoms with Gasteiger partial charge in [-0.15, -0.1) is 21.5 Å². The maximum atomic E-state index is 13.9. The number of pyridine rings is 1. The third-order valence-electron chi connectivity index (χ3n) is 7.71. The number of carbonyl (C=O) groups excluding carboxylic acids is 1. The second kappa shape index (κ2) is 12.8. The van der Waals surface area contributed by atoms with Gasteiger partial charge in [0.05, 0.1) is 31.0 Å². The van der Waals surface area contributed by atoms with Crippen molar-refractivity contribution in [3.8, 4) is 5.75 Å². The van der Waals surface area contributed by atoms with Gasteiger partial charge in [-0.05, 0) is 60.0 Å². The Kier molecular flexibility index (Phi) is 8.65. The normalized spacial score (nSPS) is 14.3. The fourth-order valence-corrected chi connectivity index (χ4v) is 5.96. The minimum atomic E-state index is -0.401. The van der Waals surface area contributed by atoms with Crippen LogP contribution in [0.3, 0.4) is 0 Å². The van der Waals surface area contributed by atoms with E-state index >= 15 is 0 Å². The molecule has 5 heterocycles. The highest BCUT2D eigenvalue weighted by molar-refractivity contribution is 7.14. The Morgan fingerprint density at radius 1 is 1.13 bits per heavy atom. The number of amides is 1. The number of rotatable bonds is 8. The number of fused-ring (bicyclic) bond motifs is 1. The highest BCUT2D eigenvalue weighted by Gasteiger charge is 2.23. The summed E-state index contributed by atoms with van der Waals surface area (Å²) in [6, 6.07) is 10.8. The number of aliphatic hydroxyl groups is 1. The van der Waals surface area contributed by atoms with E-state index in [0.717, 1.165) is 17.0 Å². The number of carbonyl (C=O) groups is 1.